The highest BCUT2D eigenvalue weighted by atomic mass is 35.5. The number of aryl methyl sites for hydroxylation is 1. The molecule has 0 aliphatic rings. The van der Waals surface area contributed by atoms with Gasteiger partial charge in [0.25, 0.3) is 5.91 Å². The molecule has 0 aliphatic heterocycles. The Bertz CT molecular complexity index is 771. The number of carbonyl (C=O) groups excluding carboxylic acids is 2. The third-order valence-electron chi connectivity index (χ3n) is 4.25. The Balaban J connectivity index is 2.03. The second kappa shape index (κ2) is 10.3. The molecule has 0 atom stereocenters. The summed E-state index contributed by atoms with van der Waals surface area (Å²) in [6.07, 6.45) is 3.26. The molecule has 6 heteroatoms. The molecular formula is C21H24Cl2N2O2. The second-order valence-corrected chi connectivity index (χ2v) is 7.08. The van der Waals surface area contributed by atoms with E-state index in [1.165, 1.54) is 10.5 Å². The topological polar surface area (TPSA) is 49.4 Å². The average Bonchev–Trinajstić information content (AvgIpc) is 2.67. The van der Waals surface area contributed by atoms with E-state index < -0.39 is 0 Å². The number of benzene rings is 2. The van der Waals surface area contributed by atoms with Crippen LogP contribution in [0.4, 0.5) is 5.69 Å². The summed E-state index contributed by atoms with van der Waals surface area (Å²) in [6, 6.07) is 12.6. The van der Waals surface area contributed by atoms with E-state index in [9.17, 15) is 9.59 Å². The average molecular weight is 407 g/mol. The number of unbranched alkanes of at least 4 members (excludes halogenated alkanes) is 1. The first-order valence-electron chi connectivity index (χ1n) is 9.08. The maximum absolute atomic E-state index is 12.7. The fraction of sp³-hybridized carbons (Fsp3) is 0.333. The third kappa shape index (κ3) is 5.98. The number of nitrogens with one attached hydrogen (secondary N) is 1. The number of carbonyl (C=O) groups is 2. The van der Waals surface area contributed by atoms with E-state index in [2.05, 4.69) is 12.2 Å². The van der Waals surface area contributed by atoms with Gasteiger partial charge in [-0.3, -0.25) is 9.59 Å². The van der Waals surface area contributed by atoms with Gasteiger partial charge in [-0.15, -0.1) is 0 Å². The highest BCUT2D eigenvalue weighted by Crippen LogP contribution is 2.29. The van der Waals surface area contributed by atoms with E-state index in [4.69, 9.17) is 23.2 Å². The molecule has 0 aromatic heterocycles. The summed E-state index contributed by atoms with van der Waals surface area (Å²) in [4.78, 5) is 26.6. The Morgan fingerprint density at radius 1 is 1.00 bits per heavy atom. The molecule has 0 heterocycles. The van der Waals surface area contributed by atoms with Crippen molar-refractivity contribution in [1.82, 2.24) is 4.90 Å². The Labute approximate surface area is 170 Å². The minimum absolute atomic E-state index is 0.0749. The van der Waals surface area contributed by atoms with Crippen LogP contribution in [0.3, 0.4) is 0 Å². The van der Waals surface area contributed by atoms with Gasteiger partial charge in [-0.1, -0.05) is 54.7 Å². The molecule has 4 nitrogen and oxygen atoms in total. The van der Waals surface area contributed by atoms with Crippen molar-refractivity contribution in [2.24, 2.45) is 0 Å². The van der Waals surface area contributed by atoms with Gasteiger partial charge in [0.05, 0.1) is 15.7 Å². The van der Waals surface area contributed by atoms with Gasteiger partial charge in [-0.25, -0.2) is 0 Å². The van der Waals surface area contributed by atoms with Crippen LogP contribution in [-0.4, -0.2) is 29.8 Å². The van der Waals surface area contributed by atoms with Crippen molar-refractivity contribution < 1.29 is 9.59 Å². The Morgan fingerprint density at radius 3 is 2.19 bits per heavy atom. The zero-order valence-electron chi connectivity index (χ0n) is 15.6. The molecule has 0 aliphatic carbocycles. The van der Waals surface area contributed by atoms with Crippen LogP contribution in [0.5, 0.6) is 0 Å². The van der Waals surface area contributed by atoms with Gasteiger partial charge in [-0.2, -0.15) is 0 Å². The number of likely N-dealkylation sites (N-methyl/N-ethyl adjacent to an activating group) is 1. The van der Waals surface area contributed by atoms with Gasteiger partial charge in [0.2, 0.25) is 5.91 Å². The van der Waals surface area contributed by atoms with E-state index in [0.717, 1.165) is 19.3 Å². The molecule has 27 heavy (non-hydrogen) atoms. The van der Waals surface area contributed by atoms with Crippen LogP contribution in [0, 0.1) is 0 Å². The van der Waals surface area contributed by atoms with Crippen LogP contribution in [0.25, 0.3) is 0 Å². The Hall–Kier alpha value is -2.04. The number of anilines is 1. The normalized spacial score (nSPS) is 10.5. The Morgan fingerprint density at radius 2 is 1.63 bits per heavy atom. The smallest absolute Gasteiger partial charge is 0.254 e. The highest BCUT2D eigenvalue weighted by molar-refractivity contribution is 6.39. The SMILES string of the molecule is CCCCc1ccc(C(=O)N(CC)CC(=O)Nc2c(Cl)cccc2Cl)cc1. The van der Waals surface area contributed by atoms with Gasteiger partial charge in [0.1, 0.15) is 6.54 Å². The van der Waals surface area contributed by atoms with Gasteiger partial charge < -0.3 is 10.2 Å². The summed E-state index contributed by atoms with van der Waals surface area (Å²) in [7, 11) is 0. The quantitative estimate of drug-likeness (QED) is 0.634. The molecule has 0 radical (unpaired) electrons. The number of rotatable bonds is 8. The first-order valence-corrected chi connectivity index (χ1v) is 9.83. The number of amides is 2. The van der Waals surface area contributed by atoms with Crippen LogP contribution >= 0.6 is 23.2 Å². The van der Waals surface area contributed by atoms with Gasteiger partial charge in [0.15, 0.2) is 0 Å². The molecular weight excluding hydrogens is 383 g/mol. The number of hydrogen-bond donors (Lipinski definition) is 1. The second-order valence-electron chi connectivity index (χ2n) is 6.26. The van der Waals surface area contributed by atoms with Crippen molar-refractivity contribution in [3.05, 3.63) is 63.6 Å². The van der Waals surface area contributed by atoms with E-state index in [1.54, 1.807) is 18.2 Å². The van der Waals surface area contributed by atoms with Crippen molar-refractivity contribution in [1.29, 1.82) is 0 Å². The summed E-state index contributed by atoms with van der Waals surface area (Å²) in [5.74, 6) is -0.528. The number of para-hydroxylation sites is 1. The van der Waals surface area contributed by atoms with Crippen molar-refractivity contribution in [3.8, 4) is 0 Å². The zero-order valence-corrected chi connectivity index (χ0v) is 17.1. The minimum atomic E-state index is -0.347. The van der Waals surface area contributed by atoms with E-state index >= 15 is 0 Å². The maximum Gasteiger partial charge on any atom is 0.254 e. The van der Waals surface area contributed by atoms with Crippen LogP contribution in [-0.2, 0) is 11.2 Å². The molecule has 0 saturated heterocycles. The predicted octanol–water partition coefficient (Wildman–Crippen LogP) is 5.44. The van der Waals surface area contributed by atoms with E-state index in [0.29, 0.717) is 27.8 Å². The molecule has 1 N–H and O–H groups in total. The third-order valence-corrected chi connectivity index (χ3v) is 4.88. The number of nitrogens with zero attached hydrogens (tertiary/aromatic N) is 1. The van der Waals surface area contributed by atoms with Crippen LogP contribution in [0.1, 0.15) is 42.6 Å². The lowest BCUT2D eigenvalue weighted by Crippen LogP contribution is -2.37. The van der Waals surface area contributed by atoms with Crippen molar-refractivity contribution in [3.63, 3.8) is 0 Å². The number of halogens is 2. The molecule has 2 rings (SSSR count). The molecule has 2 aromatic carbocycles. The molecule has 2 aromatic rings. The molecule has 0 fully saturated rings. The summed E-state index contributed by atoms with van der Waals surface area (Å²) < 4.78 is 0. The van der Waals surface area contributed by atoms with Gasteiger partial charge in [-0.05, 0) is 49.6 Å². The molecule has 0 bridgehead atoms. The molecule has 144 valence electrons. The maximum atomic E-state index is 12.7. The first kappa shape index (κ1) is 21.3. The molecule has 0 spiro atoms. The summed E-state index contributed by atoms with van der Waals surface area (Å²) in [6.45, 7) is 4.33. The van der Waals surface area contributed by atoms with Crippen molar-refractivity contribution in [2.75, 3.05) is 18.4 Å². The highest BCUT2D eigenvalue weighted by Gasteiger charge is 2.18. The van der Waals surface area contributed by atoms with Crippen LogP contribution in [0.15, 0.2) is 42.5 Å². The number of hydrogen-bond acceptors (Lipinski definition) is 2. The predicted molar refractivity (Wildman–Crippen MR) is 112 cm³/mol. The minimum Gasteiger partial charge on any atom is -0.330 e. The molecule has 0 saturated carbocycles. The lowest BCUT2D eigenvalue weighted by atomic mass is 10.1. The summed E-state index contributed by atoms with van der Waals surface area (Å²) >= 11 is 12.1. The van der Waals surface area contributed by atoms with E-state index in [-0.39, 0.29) is 18.4 Å². The standard InChI is InChI=1S/C21H24Cl2N2O2/c1-3-5-7-15-10-12-16(13-11-15)21(27)25(4-2)14-19(26)24-20-17(22)8-6-9-18(20)23/h6,8-13H,3-5,7,14H2,1-2H3,(H,24,26). The fourth-order valence-electron chi connectivity index (χ4n) is 2.67. The van der Waals surface area contributed by atoms with E-state index in [1.807, 2.05) is 31.2 Å². The zero-order chi connectivity index (χ0) is 19.8. The van der Waals surface area contributed by atoms with Crippen LogP contribution < -0.4 is 5.32 Å². The van der Waals surface area contributed by atoms with Crippen molar-refractivity contribution in [2.45, 2.75) is 33.1 Å². The van der Waals surface area contributed by atoms with Crippen molar-refractivity contribution >= 4 is 40.7 Å². The fourth-order valence-corrected chi connectivity index (χ4v) is 3.17. The Kier molecular flexibility index (Phi) is 8.14. The van der Waals surface area contributed by atoms with Gasteiger partial charge in [0, 0.05) is 12.1 Å². The van der Waals surface area contributed by atoms with Gasteiger partial charge >= 0.3 is 0 Å². The lowest BCUT2D eigenvalue weighted by molar-refractivity contribution is -0.116. The largest absolute Gasteiger partial charge is 0.330 e. The monoisotopic (exact) mass is 406 g/mol. The lowest BCUT2D eigenvalue weighted by Gasteiger charge is -2.21. The first-order chi connectivity index (χ1) is 13.0. The summed E-state index contributed by atoms with van der Waals surface area (Å²) in [5.41, 5.74) is 2.14. The van der Waals surface area contributed by atoms with Crippen LogP contribution in [0.2, 0.25) is 10.0 Å². The molecule has 2 amide bonds. The molecule has 0 unspecified atom stereocenters. The summed E-state index contributed by atoms with van der Waals surface area (Å²) in [5, 5.41) is 3.39.